The average Bonchev–Trinajstić information content (AvgIpc) is 3.05. The van der Waals surface area contributed by atoms with Gasteiger partial charge in [-0.05, 0) is 49.7 Å². The summed E-state index contributed by atoms with van der Waals surface area (Å²) in [5, 5.41) is 5.25. The van der Waals surface area contributed by atoms with Gasteiger partial charge in [-0.3, -0.25) is 4.79 Å². The highest BCUT2D eigenvalue weighted by Gasteiger charge is 2.13. The molecule has 3 aromatic rings. The van der Waals surface area contributed by atoms with Crippen molar-refractivity contribution in [2.45, 2.75) is 31.7 Å². The number of nitrogens with two attached hydrogens (primary N) is 1. The number of nitrogens with zero attached hydrogens (tertiary/aromatic N) is 2. The first-order valence-corrected chi connectivity index (χ1v) is 12.2. The van der Waals surface area contributed by atoms with Gasteiger partial charge in [-0.15, -0.1) is 0 Å². The van der Waals surface area contributed by atoms with Gasteiger partial charge >= 0.3 is 0 Å². The Morgan fingerprint density at radius 3 is 2.52 bits per heavy atom. The number of hydrogen-bond acceptors (Lipinski definition) is 6. The van der Waals surface area contributed by atoms with Crippen LogP contribution in [0.5, 0.6) is 5.75 Å². The van der Waals surface area contributed by atoms with Crippen molar-refractivity contribution < 1.29 is 22.7 Å². The van der Waals surface area contributed by atoms with E-state index in [9.17, 15) is 13.2 Å². The molecule has 31 heavy (non-hydrogen) atoms. The number of ether oxygens (including phenoxy) is 2. The second-order valence-corrected chi connectivity index (χ2v) is 9.24. The second kappa shape index (κ2) is 10.2. The lowest BCUT2D eigenvalue weighted by atomic mass is 10.1. The number of hydrogen-bond donors (Lipinski definition) is 1. The van der Waals surface area contributed by atoms with E-state index in [1.165, 1.54) is 23.5 Å². The number of aromatic nitrogens is 1. The largest absolute Gasteiger partial charge is 0.494 e. The SMILES string of the molecule is CCOCCn1c(=NC(=O)Cc2ccc(OCC)cc2)sc2cc(S(N)(=O)=O)ccc21. The lowest BCUT2D eigenvalue weighted by molar-refractivity contribution is -0.117. The standard InChI is InChI=1S/C21H25N3O5S2/c1-3-28-12-11-24-18-10-9-17(31(22,26)27)14-19(18)30-21(24)23-20(25)13-15-5-7-16(8-6-15)29-4-2/h5-10,14H,3-4,11-13H2,1-2H3,(H2,22,26,27). The van der Waals surface area contributed by atoms with Gasteiger partial charge < -0.3 is 14.0 Å². The lowest BCUT2D eigenvalue weighted by Gasteiger charge is -2.06. The number of thiazole rings is 1. The maximum absolute atomic E-state index is 12.6. The summed E-state index contributed by atoms with van der Waals surface area (Å²) in [7, 11) is -3.83. The van der Waals surface area contributed by atoms with Gasteiger partial charge in [0.05, 0.1) is 34.7 Å². The van der Waals surface area contributed by atoms with Crippen LogP contribution in [0.3, 0.4) is 0 Å². The number of fused-ring (bicyclic) bond motifs is 1. The Hall–Kier alpha value is -2.53. The number of amides is 1. The zero-order valence-electron chi connectivity index (χ0n) is 17.4. The van der Waals surface area contributed by atoms with Crippen molar-refractivity contribution in [3.8, 4) is 5.75 Å². The van der Waals surface area contributed by atoms with E-state index in [1.807, 2.05) is 42.7 Å². The molecular formula is C21H25N3O5S2. The highest BCUT2D eigenvalue weighted by atomic mass is 32.2. The third-order valence-corrected chi connectivity index (χ3v) is 6.41. The molecule has 1 aromatic heterocycles. The van der Waals surface area contributed by atoms with Crippen LogP contribution in [0.15, 0.2) is 52.4 Å². The first-order valence-electron chi connectivity index (χ1n) is 9.85. The summed E-state index contributed by atoms with van der Waals surface area (Å²) in [6.07, 6.45) is 0.147. The van der Waals surface area contributed by atoms with Crippen molar-refractivity contribution in [1.29, 1.82) is 0 Å². The Balaban J connectivity index is 1.94. The van der Waals surface area contributed by atoms with Gasteiger partial charge in [0.2, 0.25) is 10.0 Å². The van der Waals surface area contributed by atoms with Gasteiger partial charge in [0.25, 0.3) is 5.91 Å². The molecule has 0 unspecified atom stereocenters. The van der Waals surface area contributed by atoms with Gasteiger partial charge in [-0.1, -0.05) is 23.5 Å². The second-order valence-electron chi connectivity index (χ2n) is 6.67. The van der Waals surface area contributed by atoms with Crippen LogP contribution in [0.2, 0.25) is 0 Å². The maximum atomic E-state index is 12.6. The normalized spacial score (nSPS) is 12.4. The first-order chi connectivity index (χ1) is 14.8. The zero-order valence-corrected chi connectivity index (χ0v) is 19.0. The molecule has 3 rings (SSSR count). The first kappa shape index (κ1) is 23.1. The van der Waals surface area contributed by atoms with E-state index in [0.717, 1.165) is 16.8 Å². The molecular weight excluding hydrogens is 438 g/mol. The Kier molecular flexibility index (Phi) is 7.60. The number of primary sulfonamides is 1. The molecule has 0 fully saturated rings. The molecule has 10 heteroatoms. The fourth-order valence-corrected chi connectivity index (χ4v) is 4.75. The van der Waals surface area contributed by atoms with Crippen molar-refractivity contribution in [2.24, 2.45) is 10.1 Å². The minimum Gasteiger partial charge on any atom is -0.494 e. The summed E-state index contributed by atoms with van der Waals surface area (Å²) in [4.78, 5) is 17.4. The summed E-state index contributed by atoms with van der Waals surface area (Å²) < 4.78 is 36.8. The Labute approximate surface area is 185 Å². The molecule has 0 saturated carbocycles. The van der Waals surface area contributed by atoms with E-state index >= 15 is 0 Å². The molecule has 2 aromatic carbocycles. The Morgan fingerprint density at radius 1 is 1.13 bits per heavy atom. The molecule has 0 aliphatic rings. The van der Waals surface area contributed by atoms with Gasteiger partial charge in [-0.25, -0.2) is 13.6 Å². The summed E-state index contributed by atoms with van der Waals surface area (Å²) in [5.74, 6) is 0.451. The summed E-state index contributed by atoms with van der Waals surface area (Å²) in [5.41, 5.74) is 1.60. The third-order valence-electron chi connectivity index (χ3n) is 4.46. The van der Waals surface area contributed by atoms with Crippen LogP contribution in [-0.4, -0.2) is 38.7 Å². The van der Waals surface area contributed by atoms with Crippen LogP contribution >= 0.6 is 11.3 Å². The molecule has 0 radical (unpaired) electrons. The fourth-order valence-electron chi connectivity index (χ4n) is 3.02. The van der Waals surface area contributed by atoms with Crippen LogP contribution in [0.25, 0.3) is 10.2 Å². The zero-order chi connectivity index (χ0) is 22.4. The molecule has 0 atom stereocenters. The fraction of sp³-hybridized carbons (Fsp3) is 0.333. The van der Waals surface area contributed by atoms with E-state index in [1.54, 1.807) is 6.07 Å². The van der Waals surface area contributed by atoms with Gasteiger partial charge in [-0.2, -0.15) is 4.99 Å². The van der Waals surface area contributed by atoms with E-state index in [4.69, 9.17) is 14.6 Å². The minimum atomic E-state index is -3.83. The van der Waals surface area contributed by atoms with Gasteiger partial charge in [0, 0.05) is 13.2 Å². The van der Waals surface area contributed by atoms with E-state index in [0.29, 0.717) is 35.9 Å². The molecule has 0 aliphatic heterocycles. The van der Waals surface area contributed by atoms with Crippen molar-refractivity contribution >= 4 is 37.5 Å². The summed E-state index contributed by atoms with van der Waals surface area (Å²) in [6.45, 7) is 5.89. The van der Waals surface area contributed by atoms with Gasteiger partial charge in [0.15, 0.2) is 4.80 Å². The number of rotatable bonds is 9. The maximum Gasteiger partial charge on any atom is 0.252 e. The van der Waals surface area contributed by atoms with Crippen LogP contribution in [0.4, 0.5) is 0 Å². The molecule has 1 heterocycles. The minimum absolute atomic E-state index is 0.0190. The molecule has 0 saturated heterocycles. The summed E-state index contributed by atoms with van der Waals surface area (Å²) >= 11 is 1.24. The molecule has 8 nitrogen and oxygen atoms in total. The molecule has 0 spiro atoms. The van der Waals surface area contributed by atoms with Crippen molar-refractivity contribution in [1.82, 2.24) is 4.57 Å². The average molecular weight is 464 g/mol. The quantitative estimate of drug-likeness (QED) is 0.490. The van der Waals surface area contributed by atoms with E-state index in [-0.39, 0.29) is 17.2 Å². The van der Waals surface area contributed by atoms with Crippen LogP contribution in [0.1, 0.15) is 19.4 Å². The Bertz CT molecular complexity index is 1230. The topological polar surface area (TPSA) is 113 Å². The number of carbonyl (C=O) groups is 1. The smallest absolute Gasteiger partial charge is 0.252 e. The predicted molar refractivity (Wildman–Crippen MR) is 120 cm³/mol. The highest BCUT2D eigenvalue weighted by Crippen LogP contribution is 2.21. The number of carbonyl (C=O) groups excluding carboxylic acids is 1. The van der Waals surface area contributed by atoms with E-state index < -0.39 is 10.0 Å². The molecule has 0 aliphatic carbocycles. The summed E-state index contributed by atoms with van der Waals surface area (Å²) in [6, 6.07) is 11.9. The van der Waals surface area contributed by atoms with Crippen molar-refractivity contribution in [3.05, 3.63) is 52.8 Å². The monoisotopic (exact) mass is 463 g/mol. The number of sulfonamides is 1. The molecule has 166 valence electrons. The lowest BCUT2D eigenvalue weighted by Crippen LogP contribution is -2.20. The van der Waals surface area contributed by atoms with Crippen LogP contribution < -0.4 is 14.7 Å². The van der Waals surface area contributed by atoms with Gasteiger partial charge in [0.1, 0.15) is 5.75 Å². The number of benzene rings is 2. The van der Waals surface area contributed by atoms with Crippen LogP contribution in [-0.2, 0) is 32.5 Å². The molecule has 1 amide bonds. The molecule has 0 bridgehead atoms. The van der Waals surface area contributed by atoms with E-state index in [2.05, 4.69) is 4.99 Å². The predicted octanol–water partition coefficient (Wildman–Crippen LogP) is 2.46. The third kappa shape index (κ3) is 6.01. The van der Waals surface area contributed by atoms with Crippen LogP contribution in [0, 0.1) is 0 Å². The highest BCUT2D eigenvalue weighted by molar-refractivity contribution is 7.89. The van der Waals surface area contributed by atoms with Crippen molar-refractivity contribution in [3.63, 3.8) is 0 Å². The van der Waals surface area contributed by atoms with Crippen molar-refractivity contribution in [2.75, 3.05) is 19.8 Å². The Morgan fingerprint density at radius 2 is 1.87 bits per heavy atom. The molecule has 2 N–H and O–H groups in total.